The first-order valence-electron chi connectivity index (χ1n) is 11.3. The van der Waals surface area contributed by atoms with E-state index in [1.165, 1.54) is 0 Å². The third kappa shape index (κ3) is 7.35. The highest BCUT2D eigenvalue weighted by molar-refractivity contribution is 5.96. The molecule has 1 unspecified atom stereocenters. The number of amides is 2. The molecule has 1 aliphatic rings. The zero-order valence-corrected chi connectivity index (χ0v) is 19.7. The molecule has 7 nitrogen and oxygen atoms in total. The number of hydrogen-bond donors (Lipinski definition) is 2. The highest BCUT2D eigenvalue weighted by Gasteiger charge is 2.31. The average Bonchev–Trinajstić information content (AvgIpc) is 3.10. The SMILES string of the molecule is CCCC(NC(=O)Cc1cc(F)cc(F)c1)C(=O)Nc1cn(C2CN(CC(C)(C)C)C2)cn1. The van der Waals surface area contributed by atoms with Crippen LogP contribution in [-0.2, 0) is 16.0 Å². The topological polar surface area (TPSA) is 79.3 Å². The summed E-state index contributed by atoms with van der Waals surface area (Å²) in [6.45, 7) is 11.5. The zero-order valence-electron chi connectivity index (χ0n) is 19.7. The second-order valence-electron chi connectivity index (χ2n) is 9.97. The van der Waals surface area contributed by atoms with Gasteiger partial charge in [0.25, 0.3) is 0 Å². The fraction of sp³-hybridized carbons (Fsp3) is 0.542. The quantitative estimate of drug-likeness (QED) is 0.599. The van der Waals surface area contributed by atoms with Crippen LogP contribution in [0.15, 0.2) is 30.7 Å². The lowest BCUT2D eigenvalue weighted by Gasteiger charge is -2.42. The summed E-state index contributed by atoms with van der Waals surface area (Å²) in [5, 5.41) is 5.44. The van der Waals surface area contributed by atoms with Crippen LogP contribution in [0.1, 0.15) is 52.1 Å². The maximum atomic E-state index is 13.4. The normalized spacial score (nSPS) is 15.7. The van der Waals surface area contributed by atoms with Gasteiger partial charge in [0.1, 0.15) is 17.7 Å². The number of imidazole rings is 1. The van der Waals surface area contributed by atoms with Gasteiger partial charge in [-0.25, -0.2) is 13.8 Å². The van der Waals surface area contributed by atoms with Crippen LogP contribution in [0.25, 0.3) is 0 Å². The largest absolute Gasteiger partial charge is 0.344 e. The molecule has 1 aromatic heterocycles. The third-order valence-corrected chi connectivity index (χ3v) is 5.43. The second kappa shape index (κ2) is 10.4. The highest BCUT2D eigenvalue weighted by atomic mass is 19.1. The first-order chi connectivity index (χ1) is 15.5. The molecule has 2 heterocycles. The molecule has 0 radical (unpaired) electrons. The van der Waals surface area contributed by atoms with Crippen molar-refractivity contribution in [2.24, 2.45) is 5.41 Å². The van der Waals surface area contributed by atoms with Crippen LogP contribution >= 0.6 is 0 Å². The van der Waals surface area contributed by atoms with Crippen molar-refractivity contribution >= 4 is 17.6 Å². The van der Waals surface area contributed by atoms with E-state index in [9.17, 15) is 18.4 Å². The molecule has 0 spiro atoms. The van der Waals surface area contributed by atoms with Crippen molar-refractivity contribution in [3.8, 4) is 0 Å². The Bertz CT molecular complexity index is 959. The van der Waals surface area contributed by atoms with Gasteiger partial charge in [-0.05, 0) is 29.5 Å². The van der Waals surface area contributed by atoms with Crippen molar-refractivity contribution in [1.29, 1.82) is 0 Å². The summed E-state index contributed by atoms with van der Waals surface area (Å²) in [6, 6.07) is 2.51. The molecule has 1 fully saturated rings. The predicted octanol–water partition coefficient (Wildman–Crippen LogP) is 3.53. The van der Waals surface area contributed by atoms with Gasteiger partial charge < -0.3 is 15.2 Å². The number of halogens is 2. The Morgan fingerprint density at radius 2 is 1.85 bits per heavy atom. The van der Waals surface area contributed by atoms with Gasteiger partial charge in [0.05, 0.1) is 18.8 Å². The number of benzene rings is 1. The summed E-state index contributed by atoms with van der Waals surface area (Å²) in [5.74, 6) is -1.92. The molecule has 9 heteroatoms. The van der Waals surface area contributed by atoms with Crippen LogP contribution in [-0.4, -0.2) is 51.9 Å². The van der Waals surface area contributed by atoms with Crippen molar-refractivity contribution in [2.75, 3.05) is 25.0 Å². The van der Waals surface area contributed by atoms with E-state index < -0.39 is 23.6 Å². The van der Waals surface area contributed by atoms with Gasteiger partial charge in [0.2, 0.25) is 11.8 Å². The molecule has 3 rings (SSSR count). The molecule has 33 heavy (non-hydrogen) atoms. The van der Waals surface area contributed by atoms with E-state index in [4.69, 9.17) is 0 Å². The summed E-state index contributed by atoms with van der Waals surface area (Å²) in [6.07, 6.45) is 4.40. The Hall–Kier alpha value is -2.81. The molecule has 1 atom stereocenters. The fourth-order valence-electron chi connectivity index (χ4n) is 4.05. The maximum absolute atomic E-state index is 13.4. The Labute approximate surface area is 193 Å². The lowest BCUT2D eigenvalue weighted by atomic mass is 9.93. The minimum atomic E-state index is -0.767. The highest BCUT2D eigenvalue weighted by Crippen LogP contribution is 2.26. The van der Waals surface area contributed by atoms with Gasteiger partial charge in [-0.3, -0.25) is 14.5 Å². The minimum Gasteiger partial charge on any atom is -0.344 e. The van der Waals surface area contributed by atoms with Gasteiger partial charge in [-0.15, -0.1) is 0 Å². The lowest BCUT2D eigenvalue weighted by molar-refractivity contribution is -0.126. The van der Waals surface area contributed by atoms with Gasteiger partial charge in [0.15, 0.2) is 5.82 Å². The number of nitrogens with one attached hydrogen (secondary N) is 2. The molecule has 0 aliphatic carbocycles. The van der Waals surface area contributed by atoms with Crippen LogP contribution in [0.2, 0.25) is 0 Å². The van der Waals surface area contributed by atoms with E-state index in [0.717, 1.165) is 37.8 Å². The molecule has 0 saturated carbocycles. The minimum absolute atomic E-state index is 0.209. The maximum Gasteiger partial charge on any atom is 0.248 e. The summed E-state index contributed by atoms with van der Waals surface area (Å²) in [4.78, 5) is 31.8. The number of aromatic nitrogens is 2. The number of anilines is 1. The van der Waals surface area contributed by atoms with E-state index in [-0.39, 0.29) is 23.3 Å². The van der Waals surface area contributed by atoms with Gasteiger partial charge in [-0.2, -0.15) is 0 Å². The monoisotopic (exact) mass is 461 g/mol. The molecule has 2 amide bonds. The molecule has 1 aliphatic heterocycles. The third-order valence-electron chi connectivity index (χ3n) is 5.43. The Morgan fingerprint density at radius 3 is 2.45 bits per heavy atom. The van der Waals surface area contributed by atoms with Crippen LogP contribution in [0.3, 0.4) is 0 Å². The predicted molar refractivity (Wildman–Crippen MR) is 123 cm³/mol. The molecule has 2 N–H and O–H groups in total. The first-order valence-corrected chi connectivity index (χ1v) is 11.3. The standard InChI is InChI=1S/C24H33F2N5O2/c1-5-6-20(28-22(32)9-16-7-17(25)10-18(26)8-16)23(33)29-21-13-31(15-27-21)19-11-30(12-19)14-24(2,3)4/h7-8,10,13,15,19-20H,5-6,9,11-12,14H2,1-4H3,(H,28,32)(H,29,33). The van der Waals surface area contributed by atoms with Crippen LogP contribution < -0.4 is 10.6 Å². The van der Waals surface area contributed by atoms with Crippen LogP contribution in [0.5, 0.6) is 0 Å². The van der Waals surface area contributed by atoms with Gasteiger partial charge in [0, 0.05) is 31.9 Å². The Balaban J connectivity index is 1.53. The molecular weight excluding hydrogens is 428 g/mol. The fourth-order valence-corrected chi connectivity index (χ4v) is 4.05. The summed E-state index contributed by atoms with van der Waals surface area (Å²) in [5.41, 5.74) is 0.459. The summed E-state index contributed by atoms with van der Waals surface area (Å²) < 4.78 is 28.7. The number of rotatable bonds is 9. The van der Waals surface area contributed by atoms with Crippen LogP contribution in [0, 0.1) is 17.0 Å². The van der Waals surface area contributed by atoms with Gasteiger partial charge in [-0.1, -0.05) is 34.1 Å². The molecule has 1 aromatic carbocycles. The number of likely N-dealkylation sites (tertiary alicyclic amines) is 1. The lowest BCUT2D eigenvalue weighted by Crippen LogP contribution is -2.50. The smallest absolute Gasteiger partial charge is 0.248 e. The van der Waals surface area contributed by atoms with Crippen molar-refractivity contribution in [2.45, 2.75) is 59.0 Å². The van der Waals surface area contributed by atoms with Crippen molar-refractivity contribution in [3.63, 3.8) is 0 Å². The van der Waals surface area contributed by atoms with E-state index in [0.29, 0.717) is 24.7 Å². The molecule has 2 aromatic rings. The second-order valence-corrected chi connectivity index (χ2v) is 9.97. The molecular formula is C24H33F2N5O2. The Morgan fingerprint density at radius 1 is 1.18 bits per heavy atom. The van der Waals surface area contributed by atoms with E-state index in [2.05, 4.69) is 41.3 Å². The average molecular weight is 462 g/mol. The molecule has 180 valence electrons. The number of carbonyl (C=O) groups is 2. The van der Waals surface area contributed by atoms with Crippen molar-refractivity contribution in [1.82, 2.24) is 19.8 Å². The molecule has 1 saturated heterocycles. The summed E-state index contributed by atoms with van der Waals surface area (Å²) in [7, 11) is 0. The molecule has 0 bridgehead atoms. The Kier molecular flexibility index (Phi) is 7.84. The van der Waals surface area contributed by atoms with Crippen LogP contribution in [0.4, 0.5) is 14.6 Å². The zero-order chi connectivity index (χ0) is 24.2. The number of nitrogens with zero attached hydrogens (tertiary/aromatic N) is 3. The van der Waals surface area contributed by atoms with E-state index in [1.54, 1.807) is 12.5 Å². The van der Waals surface area contributed by atoms with E-state index >= 15 is 0 Å². The van der Waals surface area contributed by atoms with E-state index in [1.807, 2.05) is 11.5 Å². The summed E-state index contributed by atoms with van der Waals surface area (Å²) >= 11 is 0. The van der Waals surface area contributed by atoms with Gasteiger partial charge >= 0.3 is 0 Å². The van der Waals surface area contributed by atoms with Crippen molar-refractivity contribution < 1.29 is 18.4 Å². The van der Waals surface area contributed by atoms with Crippen molar-refractivity contribution in [3.05, 3.63) is 47.9 Å². The first kappa shape index (κ1) is 24.8. The number of hydrogen-bond acceptors (Lipinski definition) is 4. The number of carbonyl (C=O) groups excluding carboxylic acids is 2.